The highest BCUT2D eigenvalue weighted by Crippen LogP contribution is 2.26. The highest BCUT2D eigenvalue weighted by molar-refractivity contribution is 4.87. The third-order valence-electron chi connectivity index (χ3n) is 4.43. The monoisotopic (exact) mass is 316 g/mol. The van der Waals surface area contributed by atoms with Crippen LogP contribution >= 0.6 is 0 Å². The zero-order chi connectivity index (χ0) is 17.1. The average Bonchev–Trinajstić information content (AvgIpc) is 2.37. The number of hydrogen-bond donors (Lipinski definition) is 1. The molecular weight excluding hydrogens is 288 g/mol. The lowest BCUT2D eigenvalue weighted by Gasteiger charge is -2.39. The molecule has 2 N–H and O–H groups in total. The normalized spacial score (nSPS) is 23.5. The number of hydrogen-bond acceptors (Lipinski definition) is 6. The Hall–Kier alpha value is -1.28. The van der Waals surface area contributed by atoms with Crippen LogP contribution in [0.3, 0.4) is 0 Å². The Morgan fingerprint density at radius 1 is 0.955 bits per heavy atom. The first-order chi connectivity index (χ1) is 9.95. The van der Waals surface area contributed by atoms with E-state index in [0.29, 0.717) is 0 Å². The van der Waals surface area contributed by atoms with E-state index < -0.39 is 11.1 Å². The minimum absolute atomic E-state index is 0.123. The van der Waals surface area contributed by atoms with Crippen molar-refractivity contribution >= 4 is 0 Å². The minimum atomic E-state index is -1.13. The first kappa shape index (κ1) is 18.8. The topological polar surface area (TPSA) is 116 Å². The van der Waals surface area contributed by atoms with Gasteiger partial charge in [0.25, 0.3) is 0 Å². The van der Waals surface area contributed by atoms with Gasteiger partial charge in [0.15, 0.2) is 0 Å². The van der Waals surface area contributed by atoms with Crippen molar-refractivity contribution in [3.63, 3.8) is 0 Å². The van der Waals surface area contributed by atoms with Gasteiger partial charge >= 0.3 is 0 Å². The van der Waals surface area contributed by atoms with Crippen molar-refractivity contribution in [3.05, 3.63) is 20.2 Å². The van der Waals surface area contributed by atoms with Crippen LogP contribution < -0.4 is 5.73 Å². The lowest BCUT2D eigenvalue weighted by Crippen LogP contribution is -2.55. The molecule has 0 bridgehead atoms. The van der Waals surface area contributed by atoms with Gasteiger partial charge in [0.1, 0.15) is 0 Å². The van der Waals surface area contributed by atoms with Crippen molar-refractivity contribution in [2.45, 2.75) is 76.5 Å². The molecule has 1 rings (SSSR count). The molecule has 8 heteroatoms. The van der Waals surface area contributed by atoms with E-state index >= 15 is 0 Å². The Kier molecular flexibility index (Phi) is 5.86. The predicted octanol–water partition coefficient (Wildman–Crippen LogP) is 1.67. The van der Waals surface area contributed by atoms with Gasteiger partial charge in [-0.05, 0) is 25.7 Å². The third-order valence-corrected chi connectivity index (χ3v) is 4.43. The molecule has 0 amide bonds. The SMILES string of the molecule is CC(C)(CN(CC(C)(C)[N+](=O)[O-])C1CCC(N)CC1)[N+](=O)[O-]. The van der Waals surface area contributed by atoms with E-state index in [9.17, 15) is 20.2 Å². The maximum Gasteiger partial charge on any atom is 0.229 e. The summed E-state index contributed by atoms with van der Waals surface area (Å²) in [7, 11) is 0. The maximum absolute atomic E-state index is 11.2. The average molecular weight is 316 g/mol. The Bertz CT molecular complexity index is 389. The second-order valence-corrected chi connectivity index (χ2v) is 7.61. The standard InChI is InChI=1S/C14H28N4O4/c1-13(2,17(19)20)9-16(10-14(3,4)18(21)22)12-7-5-11(15)6-8-12/h11-12H,5-10,15H2,1-4H3. The van der Waals surface area contributed by atoms with Crippen LogP contribution in [0.25, 0.3) is 0 Å². The summed E-state index contributed by atoms with van der Waals surface area (Å²) in [5.41, 5.74) is 3.65. The van der Waals surface area contributed by atoms with E-state index in [1.54, 1.807) is 27.7 Å². The summed E-state index contributed by atoms with van der Waals surface area (Å²) in [4.78, 5) is 23.7. The van der Waals surface area contributed by atoms with Crippen molar-refractivity contribution in [2.75, 3.05) is 13.1 Å². The van der Waals surface area contributed by atoms with Crippen molar-refractivity contribution < 1.29 is 9.85 Å². The zero-order valence-electron chi connectivity index (χ0n) is 13.9. The van der Waals surface area contributed by atoms with Crippen LogP contribution in [-0.4, -0.2) is 51.0 Å². The molecule has 0 heterocycles. The molecule has 128 valence electrons. The molecule has 0 saturated heterocycles. The fourth-order valence-corrected chi connectivity index (χ4v) is 2.89. The molecule has 0 aliphatic heterocycles. The summed E-state index contributed by atoms with van der Waals surface area (Å²) in [6.45, 7) is 6.66. The number of nitrogens with zero attached hydrogens (tertiary/aromatic N) is 3. The second-order valence-electron chi connectivity index (χ2n) is 7.61. The summed E-state index contributed by atoms with van der Waals surface area (Å²) < 4.78 is 0. The Morgan fingerprint density at radius 2 is 1.32 bits per heavy atom. The summed E-state index contributed by atoms with van der Waals surface area (Å²) in [5, 5.41) is 22.4. The van der Waals surface area contributed by atoms with Crippen LogP contribution in [-0.2, 0) is 0 Å². The summed E-state index contributed by atoms with van der Waals surface area (Å²) in [5.74, 6) is 0. The van der Waals surface area contributed by atoms with E-state index in [0.717, 1.165) is 25.7 Å². The van der Waals surface area contributed by atoms with Crippen molar-refractivity contribution in [2.24, 2.45) is 5.73 Å². The van der Waals surface area contributed by atoms with Crippen LogP contribution in [0.5, 0.6) is 0 Å². The Morgan fingerprint density at radius 3 is 1.64 bits per heavy atom. The van der Waals surface area contributed by atoms with Gasteiger partial charge in [-0.15, -0.1) is 0 Å². The van der Waals surface area contributed by atoms with Crippen LogP contribution in [0.1, 0.15) is 53.4 Å². The summed E-state index contributed by atoms with van der Waals surface area (Å²) in [6, 6.07) is 0.295. The molecule has 8 nitrogen and oxygen atoms in total. The highest BCUT2D eigenvalue weighted by Gasteiger charge is 2.41. The van der Waals surface area contributed by atoms with Crippen LogP contribution in [0.4, 0.5) is 0 Å². The van der Waals surface area contributed by atoms with Gasteiger partial charge in [-0.3, -0.25) is 25.1 Å². The van der Waals surface area contributed by atoms with Crippen molar-refractivity contribution in [1.82, 2.24) is 4.90 Å². The van der Waals surface area contributed by atoms with Crippen molar-refractivity contribution in [3.8, 4) is 0 Å². The van der Waals surface area contributed by atoms with E-state index in [1.165, 1.54) is 0 Å². The zero-order valence-corrected chi connectivity index (χ0v) is 13.9. The predicted molar refractivity (Wildman–Crippen MR) is 84.0 cm³/mol. The Labute approximate surface area is 131 Å². The van der Waals surface area contributed by atoms with E-state index in [2.05, 4.69) is 0 Å². The number of nitrogens with two attached hydrogens (primary N) is 1. The first-order valence-corrected chi connectivity index (χ1v) is 7.74. The van der Waals surface area contributed by atoms with Gasteiger partial charge in [0.05, 0.1) is 13.1 Å². The van der Waals surface area contributed by atoms with Gasteiger partial charge in [-0.25, -0.2) is 0 Å². The fourth-order valence-electron chi connectivity index (χ4n) is 2.89. The lowest BCUT2D eigenvalue weighted by atomic mass is 9.88. The molecule has 0 spiro atoms. The minimum Gasteiger partial charge on any atom is -0.328 e. The van der Waals surface area contributed by atoms with Crippen LogP contribution in [0, 0.1) is 20.2 Å². The van der Waals surface area contributed by atoms with E-state index in [1.807, 2.05) is 4.90 Å². The third kappa shape index (κ3) is 4.88. The van der Waals surface area contributed by atoms with Crippen LogP contribution in [0.15, 0.2) is 0 Å². The number of nitro groups is 2. The van der Waals surface area contributed by atoms with Gasteiger partial charge in [0.2, 0.25) is 11.1 Å². The largest absolute Gasteiger partial charge is 0.328 e. The highest BCUT2D eigenvalue weighted by atomic mass is 16.6. The smallest absolute Gasteiger partial charge is 0.229 e. The maximum atomic E-state index is 11.2. The molecule has 0 unspecified atom stereocenters. The van der Waals surface area contributed by atoms with Crippen molar-refractivity contribution in [1.29, 1.82) is 0 Å². The fraction of sp³-hybridized carbons (Fsp3) is 1.00. The second kappa shape index (κ2) is 6.87. The molecular formula is C14H28N4O4. The molecule has 0 aromatic heterocycles. The summed E-state index contributed by atoms with van der Waals surface area (Å²) in [6.07, 6.45) is 3.39. The molecule has 22 heavy (non-hydrogen) atoms. The first-order valence-electron chi connectivity index (χ1n) is 7.74. The molecule has 1 fully saturated rings. The molecule has 1 saturated carbocycles. The molecule has 1 aliphatic rings. The van der Waals surface area contributed by atoms with E-state index in [-0.39, 0.29) is 35.0 Å². The lowest BCUT2D eigenvalue weighted by molar-refractivity contribution is -0.570. The van der Waals surface area contributed by atoms with Gasteiger partial charge < -0.3 is 5.73 Å². The molecule has 0 atom stereocenters. The van der Waals surface area contributed by atoms with Gasteiger partial charge in [-0.1, -0.05) is 0 Å². The van der Waals surface area contributed by atoms with Gasteiger partial charge in [0, 0.05) is 49.6 Å². The van der Waals surface area contributed by atoms with Crippen LogP contribution in [0.2, 0.25) is 0 Å². The quantitative estimate of drug-likeness (QED) is 0.564. The summed E-state index contributed by atoms with van der Waals surface area (Å²) >= 11 is 0. The van der Waals surface area contributed by atoms with Gasteiger partial charge in [-0.2, -0.15) is 0 Å². The Balaban J connectivity index is 2.90. The molecule has 1 aliphatic carbocycles. The molecule has 0 aromatic rings. The van der Waals surface area contributed by atoms with E-state index in [4.69, 9.17) is 5.73 Å². The number of rotatable bonds is 7. The molecule has 0 radical (unpaired) electrons. The molecule has 0 aromatic carbocycles.